The van der Waals surface area contributed by atoms with Crippen molar-refractivity contribution in [2.45, 2.75) is 58.0 Å². The fraction of sp³-hybridized carbons (Fsp3) is 0.600. The Bertz CT molecular complexity index is 724. The molecule has 156 valence electrons. The number of nitrogens with two attached hydrogens (primary N) is 1. The summed E-state index contributed by atoms with van der Waals surface area (Å²) in [6, 6.07) is 4.18. The number of pyridine rings is 1. The molecule has 28 heavy (non-hydrogen) atoms. The Kier molecular flexibility index (Phi) is 7.09. The van der Waals surface area contributed by atoms with E-state index in [-0.39, 0.29) is 0 Å². The average molecular weight is 399 g/mol. The van der Waals surface area contributed by atoms with Gasteiger partial charge < -0.3 is 16.2 Å². The molecule has 3 rings (SSSR count). The van der Waals surface area contributed by atoms with Crippen LogP contribution in [0.2, 0.25) is 0 Å². The van der Waals surface area contributed by atoms with Crippen molar-refractivity contribution in [3.8, 4) is 0 Å². The molecule has 8 heteroatoms. The van der Waals surface area contributed by atoms with Crippen molar-refractivity contribution in [3.63, 3.8) is 0 Å². The Morgan fingerprint density at radius 2 is 1.89 bits per heavy atom. The van der Waals surface area contributed by atoms with E-state index in [0.717, 1.165) is 37.3 Å². The van der Waals surface area contributed by atoms with Crippen LogP contribution in [0.4, 0.5) is 18.9 Å². The van der Waals surface area contributed by atoms with Gasteiger partial charge in [0.25, 0.3) is 0 Å². The number of nitrogens with one attached hydrogen (secondary N) is 1. The highest BCUT2D eigenvalue weighted by Crippen LogP contribution is 2.39. The highest BCUT2D eigenvalue weighted by atomic mass is 19.4. The maximum Gasteiger partial charge on any atom is 0.490 e. The van der Waals surface area contributed by atoms with Gasteiger partial charge in [-0.3, -0.25) is 4.98 Å². The lowest BCUT2D eigenvalue weighted by Gasteiger charge is -2.29. The molecular formula is C20H28F3N3O2. The summed E-state index contributed by atoms with van der Waals surface area (Å²) in [5, 5.41) is 10.5. The second kappa shape index (κ2) is 8.94. The minimum atomic E-state index is -5.08. The lowest BCUT2D eigenvalue weighted by Crippen LogP contribution is -2.27. The van der Waals surface area contributed by atoms with Gasteiger partial charge in [-0.05, 0) is 68.3 Å². The molecule has 1 aliphatic heterocycles. The van der Waals surface area contributed by atoms with Gasteiger partial charge in [-0.2, -0.15) is 13.2 Å². The fourth-order valence-corrected chi connectivity index (χ4v) is 3.38. The number of allylic oxidation sites excluding steroid dienone is 2. The van der Waals surface area contributed by atoms with Crippen LogP contribution >= 0.6 is 0 Å². The van der Waals surface area contributed by atoms with E-state index in [9.17, 15) is 13.2 Å². The average Bonchev–Trinajstić information content (AvgIpc) is 2.63. The molecule has 1 fully saturated rings. The molecule has 0 radical (unpaired) electrons. The van der Waals surface area contributed by atoms with E-state index in [1.165, 1.54) is 30.5 Å². The van der Waals surface area contributed by atoms with E-state index in [4.69, 9.17) is 20.6 Å². The molecule has 0 saturated carbocycles. The lowest BCUT2D eigenvalue weighted by atomic mass is 9.77. The summed E-state index contributed by atoms with van der Waals surface area (Å²) >= 11 is 0. The largest absolute Gasteiger partial charge is 0.490 e. The first-order valence-electron chi connectivity index (χ1n) is 9.46. The monoisotopic (exact) mass is 399 g/mol. The number of aromatic nitrogens is 1. The smallest absolute Gasteiger partial charge is 0.475 e. The molecule has 1 aliphatic carbocycles. The van der Waals surface area contributed by atoms with Gasteiger partial charge in [-0.15, -0.1) is 0 Å². The molecule has 0 spiro atoms. The first-order chi connectivity index (χ1) is 13.0. The fourth-order valence-electron chi connectivity index (χ4n) is 3.38. The van der Waals surface area contributed by atoms with E-state index >= 15 is 0 Å². The molecule has 0 unspecified atom stereocenters. The van der Waals surface area contributed by atoms with Crippen LogP contribution in [0.5, 0.6) is 0 Å². The van der Waals surface area contributed by atoms with Crippen LogP contribution in [0, 0.1) is 5.41 Å². The molecule has 5 nitrogen and oxygen atoms in total. The Hall–Kier alpha value is -2.09. The Labute approximate surface area is 163 Å². The number of anilines is 1. The van der Waals surface area contributed by atoms with E-state index in [0.29, 0.717) is 11.3 Å². The van der Waals surface area contributed by atoms with Gasteiger partial charge in [0.2, 0.25) is 0 Å². The number of aliphatic carboxylic acids is 1. The summed E-state index contributed by atoms with van der Waals surface area (Å²) in [4.78, 5) is 13.8. The van der Waals surface area contributed by atoms with Crippen LogP contribution in [0.3, 0.4) is 0 Å². The second-order valence-electron chi connectivity index (χ2n) is 8.10. The summed E-state index contributed by atoms with van der Waals surface area (Å²) in [5.41, 5.74) is 11.1. The number of alkyl halides is 3. The summed E-state index contributed by atoms with van der Waals surface area (Å²) in [7, 11) is 0. The summed E-state index contributed by atoms with van der Waals surface area (Å²) in [5.74, 6) is -2.17. The number of carbonyl (C=O) groups is 1. The van der Waals surface area contributed by atoms with Crippen molar-refractivity contribution in [2.75, 3.05) is 18.8 Å². The molecule has 0 amide bonds. The second-order valence-corrected chi connectivity index (χ2v) is 8.10. The van der Waals surface area contributed by atoms with Crippen LogP contribution in [-0.4, -0.2) is 35.3 Å². The van der Waals surface area contributed by atoms with Gasteiger partial charge in [0.05, 0.1) is 11.4 Å². The number of carboxylic acids is 1. The predicted octanol–water partition coefficient (Wildman–Crippen LogP) is 4.36. The zero-order chi connectivity index (χ0) is 20.9. The summed E-state index contributed by atoms with van der Waals surface area (Å²) < 4.78 is 31.7. The maximum absolute atomic E-state index is 10.6. The standard InChI is InChI=1S/C18H27N3.C2HF3O2/c1-18(2)9-5-14(6-10-18)17-15(19)3-4-16(21-17)13-7-11-20-12-8-13;3-2(4,5)1(6)7/h3-5,13,20H,6-12,19H2,1-2H3;(H,6,7). The predicted molar refractivity (Wildman–Crippen MR) is 103 cm³/mol. The number of halogens is 3. The molecule has 2 aliphatic rings. The normalized spacial score (nSPS) is 20.0. The molecule has 0 aromatic carbocycles. The third kappa shape index (κ3) is 6.22. The van der Waals surface area contributed by atoms with E-state index in [2.05, 4.69) is 37.4 Å². The van der Waals surface area contributed by atoms with E-state index in [1.807, 2.05) is 0 Å². The molecule has 1 saturated heterocycles. The number of nitrogen functional groups attached to an aromatic ring is 1. The minimum absolute atomic E-state index is 0.422. The van der Waals surface area contributed by atoms with Crippen LogP contribution < -0.4 is 11.1 Å². The zero-order valence-electron chi connectivity index (χ0n) is 16.3. The van der Waals surface area contributed by atoms with Gasteiger partial charge in [0.15, 0.2) is 0 Å². The Morgan fingerprint density at radius 3 is 2.39 bits per heavy atom. The molecule has 0 bridgehead atoms. The van der Waals surface area contributed by atoms with Crippen molar-refractivity contribution >= 4 is 17.2 Å². The SMILES string of the molecule is CC1(C)CC=C(c2nc(C3CCNCC3)ccc2N)CC1.O=C(O)C(F)(F)F. The van der Waals surface area contributed by atoms with Crippen molar-refractivity contribution in [1.29, 1.82) is 0 Å². The van der Waals surface area contributed by atoms with Gasteiger partial charge in [0, 0.05) is 11.6 Å². The maximum atomic E-state index is 10.6. The van der Waals surface area contributed by atoms with Gasteiger partial charge in [0.1, 0.15) is 0 Å². The number of rotatable bonds is 2. The minimum Gasteiger partial charge on any atom is -0.475 e. The first-order valence-corrected chi connectivity index (χ1v) is 9.46. The first kappa shape index (κ1) is 22.2. The Balaban J connectivity index is 0.000000345. The topological polar surface area (TPSA) is 88.2 Å². The van der Waals surface area contributed by atoms with Crippen molar-refractivity contribution in [2.24, 2.45) is 5.41 Å². The van der Waals surface area contributed by atoms with Crippen LogP contribution in [0.25, 0.3) is 5.57 Å². The number of hydrogen-bond donors (Lipinski definition) is 3. The molecule has 4 N–H and O–H groups in total. The van der Waals surface area contributed by atoms with Crippen molar-refractivity contribution < 1.29 is 23.1 Å². The summed E-state index contributed by atoms with van der Waals surface area (Å²) in [6.45, 7) is 6.87. The van der Waals surface area contributed by atoms with Crippen molar-refractivity contribution in [1.82, 2.24) is 10.3 Å². The number of piperidine rings is 1. The van der Waals surface area contributed by atoms with Crippen LogP contribution in [-0.2, 0) is 4.79 Å². The van der Waals surface area contributed by atoms with Crippen LogP contribution in [0.15, 0.2) is 18.2 Å². The van der Waals surface area contributed by atoms with Crippen LogP contribution in [0.1, 0.15) is 63.3 Å². The Morgan fingerprint density at radius 1 is 1.29 bits per heavy atom. The lowest BCUT2D eigenvalue weighted by molar-refractivity contribution is -0.192. The summed E-state index contributed by atoms with van der Waals surface area (Å²) in [6.07, 6.45) is 3.08. The highest BCUT2D eigenvalue weighted by molar-refractivity contribution is 5.73. The number of hydrogen-bond acceptors (Lipinski definition) is 4. The highest BCUT2D eigenvalue weighted by Gasteiger charge is 2.38. The van der Waals surface area contributed by atoms with Gasteiger partial charge in [-0.1, -0.05) is 19.9 Å². The number of nitrogens with zero attached hydrogens (tertiary/aromatic N) is 1. The molecule has 2 heterocycles. The van der Waals surface area contributed by atoms with Crippen molar-refractivity contribution in [3.05, 3.63) is 29.6 Å². The third-order valence-electron chi connectivity index (χ3n) is 5.22. The molecule has 1 aromatic rings. The molecule has 1 aromatic heterocycles. The molecular weight excluding hydrogens is 371 g/mol. The molecule has 0 atom stereocenters. The quantitative estimate of drug-likeness (QED) is 0.688. The van der Waals surface area contributed by atoms with E-state index < -0.39 is 12.1 Å². The van der Waals surface area contributed by atoms with Gasteiger partial charge in [-0.25, -0.2) is 4.79 Å². The third-order valence-corrected chi connectivity index (χ3v) is 5.22. The number of carboxylic acid groups (broad SMARTS) is 1. The zero-order valence-corrected chi connectivity index (χ0v) is 16.3. The van der Waals surface area contributed by atoms with Gasteiger partial charge >= 0.3 is 12.1 Å². The van der Waals surface area contributed by atoms with E-state index in [1.54, 1.807) is 0 Å².